The molecule has 6 nitrogen and oxygen atoms in total. The molecule has 0 aromatic rings. The van der Waals surface area contributed by atoms with Crippen molar-refractivity contribution in [3.05, 3.63) is 0 Å². The van der Waals surface area contributed by atoms with Crippen LogP contribution in [0.2, 0.25) is 0 Å². The van der Waals surface area contributed by atoms with Crippen molar-refractivity contribution in [2.24, 2.45) is 10.9 Å². The molecule has 0 unspecified atom stereocenters. The molecule has 104 valence electrons. The third kappa shape index (κ3) is 5.86. The van der Waals surface area contributed by atoms with Gasteiger partial charge in [-0.15, -0.1) is 0 Å². The van der Waals surface area contributed by atoms with Crippen LogP contribution in [0.4, 0.5) is 0 Å². The fraction of sp³-hybridized carbons (Fsp3) is 0.833. The normalized spacial score (nSPS) is 16.2. The van der Waals surface area contributed by atoms with Crippen LogP contribution < -0.4 is 11.1 Å². The molecule has 6 heteroatoms. The van der Waals surface area contributed by atoms with Crippen LogP contribution in [0.3, 0.4) is 0 Å². The molecule has 0 aromatic heterocycles. The first-order valence-corrected chi connectivity index (χ1v) is 6.69. The first kappa shape index (κ1) is 14.8. The molecule has 18 heavy (non-hydrogen) atoms. The number of unbranched alkanes of at least 4 members (excludes halogenated alkanes) is 1. The van der Waals surface area contributed by atoms with Gasteiger partial charge in [0, 0.05) is 32.5 Å². The fourth-order valence-electron chi connectivity index (χ4n) is 2.05. The summed E-state index contributed by atoms with van der Waals surface area (Å²) >= 11 is 0. The summed E-state index contributed by atoms with van der Waals surface area (Å²) in [7, 11) is 0. The van der Waals surface area contributed by atoms with Gasteiger partial charge in [-0.3, -0.25) is 4.79 Å². The van der Waals surface area contributed by atoms with Crippen LogP contribution in [0.15, 0.2) is 5.16 Å². The van der Waals surface area contributed by atoms with Crippen molar-refractivity contribution in [1.29, 1.82) is 0 Å². The summed E-state index contributed by atoms with van der Waals surface area (Å²) in [4.78, 5) is 13.6. The number of hydrogen-bond donors (Lipinski definition) is 3. The summed E-state index contributed by atoms with van der Waals surface area (Å²) < 4.78 is 0. The van der Waals surface area contributed by atoms with Gasteiger partial charge in [0.05, 0.1) is 0 Å². The Kier molecular flexibility index (Phi) is 7.17. The van der Waals surface area contributed by atoms with Crippen LogP contribution in [0.5, 0.6) is 0 Å². The Hall–Kier alpha value is -1.30. The first-order valence-electron chi connectivity index (χ1n) is 6.69. The molecule has 1 heterocycles. The minimum Gasteiger partial charge on any atom is -0.409 e. The van der Waals surface area contributed by atoms with Gasteiger partial charge in [0.15, 0.2) is 0 Å². The van der Waals surface area contributed by atoms with E-state index < -0.39 is 0 Å². The second-order valence-electron chi connectivity index (χ2n) is 4.64. The predicted molar refractivity (Wildman–Crippen MR) is 70.6 cm³/mol. The maximum Gasteiger partial charge on any atom is 0.223 e. The highest BCUT2D eigenvalue weighted by Gasteiger charge is 2.16. The second-order valence-corrected chi connectivity index (χ2v) is 4.64. The zero-order valence-electron chi connectivity index (χ0n) is 10.9. The highest BCUT2D eigenvalue weighted by molar-refractivity contribution is 5.79. The Morgan fingerprint density at radius 3 is 2.61 bits per heavy atom. The zero-order chi connectivity index (χ0) is 13.2. The van der Waals surface area contributed by atoms with Gasteiger partial charge in [0.25, 0.3) is 0 Å². The molecule has 0 bridgehead atoms. The van der Waals surface area contributed by atoms with Crippen LogP contribution >= 0.6 is 0 Å². The topological polar surface area (TPSA) is 91.0 Å². The van der Waals surface area contributed by atoms with E-state index in [9.17, 15) is 4.79 Å². The van der Waals surface area contributed by atoms with Crippen molar-refractivity contribution < 1.29 is 10.0 Å². The molecule has 4 N–H and O–H groups in total. The first-order chi connectivity index (χ1) is 8.74. The van der Waals surface area contributed by atoms with Crippen molar-refractivity contribution in [1.82, 2.24) is 10.2 Å². The molecule has 0 aliphatic carbocycles. The number of carbonyl (C=O) groups is 1. The third-order valence-corrected chi connectivity index (χ3v) is 3.14. The van der Waals surface area contributed by atoms with E-state index in [1.54, 1.807) is 0 Å². The van der Waals surface area contributed by atoms with Crippen molar-refractivity contribution in [3.63, 3.8) is 0 Å². The molecule has 0 radical (unpaired) electrons. The molecule has 1 aliphatic rings. The number of nitrogens with one attached hydrogen (secondary N) is 1. The maximum absolute atomic E-state index is 11.7. The van der Waals surface area contributed by atoms with E-state index in [1.807, 2.05) is 4.90 Å². The molecule has 1 amide bonds. The molecule has 0 spiro atoms. The van der Waals surface area contributed by atoms with Crippen LogP contribution in [-0.2, 0) is 4.79 Å². The number of rotatable bonds is 8. The average Bonchev–Trinajstić information content (AvgIpc) is 2.91. The minimum atomic E-state index is 0.261. The van der Waals surface area contributed by atoms with Crippen molar-refractivity contribution in [2.75, 3.05) is 26.2 Å². The Labute approximate surface area is 108 Å². The lowest BCUT2D eigenvalue weighted by Gasteiger charge is -2.15. The molecule has 1 aliphatic heterocycles. The largest absolute Gasteiger partial charge is 0.409 e. The summed E-state index contributed by atoms with van der Waals surface area (Å²) in [6.45, 7) is 3.46. The molecule has 0 saturated carbocycles. The molecule has 0 atom stereocenters. The standard InChI is InChI=1S/C12H24N4O2/c13-11(15-18)5-1-2-7-14-8-6-12(17)16-9-3-4-10-16/h14,18H,1-10H2,(H2,13,15). The quantitative estimate of drug-likeness (QED) is 0.194. The van der Waals surface area contributed by atoms with Gasteiger partial charge in [-0.1, -0.05) is 5.16 Å². The van der Waals surface area contributed by atoms with Crippen LogP contribution in [0.1, 0.15) is 38.5 Å². The Bertz CT molecular complexity index is 275. The van der Waals surface area contributed by atoms with E-state index in [4.69, 9.17) is 10.9 Å². The highest BCUT2D eigenvalue weighted by atomic mass is 16.4. The van der Waals surface area contributed by atoms with Gasteiger partial charge in [0.1, 0.15) is 5.84 Å². The van der Waals surface area contributed by atoms with Crippen LogP contribution in [0, 0.1) is 0 Å². The van der Waals surface area contributed by atoms with Gasteiger partial charge >= 0.3 is 0 Å². The Morgan fingerprint density at radius 1 is 1.22 bits per heavy atom. The van der Waals surface area contributed by atoms with Crippen LogP contribution in [-0.4, -0.2) is 48.0 Å². The van der Waals surface area contributed by atoms with Crippen molar-refractivity contribution in [3.8, 4) is 0 Å². The average molecular weight is 256 g/mol. The number of hydrogen-bond acceptors (Lipinski definition) is 4. The number of oxime groups is 1. The zero-order valence-corrected chi connectivity index (χ0v) is 10.9. The van der Waals surface area contributed by atoms with E-state index in [0.717, 1.165) is 51.9 Å². The monoisotopic (exact) mass is 256 g/mol. The summed E-state index contributed by atoms with van der Waals surface area (Å²) in [6.07, 6.45) is 5.35. The minimum absolute atomic E-state index is 0.261. The fourth-order valence-corrected chi connectivity index (χ4v) is 2.05. The summed E-state index contributed by atoms with van der Waals surface area (Å²) in [5, 5.41) is 14.5. The van der Waals surface area contributed by atoms with Gasteiger partial charge in [-0.05, 0) is 32.2 Å². The summed E-state index contributed by atoms with van der Waals surface area (Å²) in [6, 6.07) is 0. The smallest absolute Gasteiger partial charge is 0.223 e. The molecule has 1 saturated heterocycles. The third-order valence-electron chi connectivity index (χ3n) is 3.14. The predicted octanol–water partition coefficient (Wildman–Crippen LogP) is 0.505. The number of nitrogens with zero attached hydrogens (tertiary/aromatic N) is 2. The van der Waals surface area contributed by atoms with Crippen molar-refractivity contribution >= 4 is 11.7 Å². The van der Waals surface area contributed by atoms with Gasteiger partial charge in [-0.25, -0.2) is 0 Å². The summed E-state index contributed by atoms with van der Waals surface area (Å²) in [5.41, 5.74) is 5.35. The second kappa shape index (κ2) is 8.74. The number of likely N-dealkylation sites (tertiary alicyclic amines) is 1. The Morgan fingerprint density at radius 2 is 1.94 bits per heavy atom. The van der Waals surface area contributed by atoms with Gasteiger partial charge in [0.2, 0.25) is 5.91 Å². The number of carbonyl (C=O) groups excluding carboxylic acids is 1. The number of amides is 1. The number of nitrogens with two attached hydrogens (primary N) is 1. The van der Waals surface area contributed by atoms with Crippen LogP contribution in [0.25, 0.3) is 0 Å². The molecular weight excluding hydrogens is 232 g/mol. The maximum atomic E-state index is 11.7. The Balaban J connectivity index is 1.90. The van der Waals surface area contributed by atoms with Gasteiger partial charge < -0.3 is 21.2 Å². The molecule has 0 aromatic carbocycles. The van der Waals surface area contributed by atoms with Gasteiger partial charge in [-0.2, -0.15) is 0 Å². The molecular formula is C12H24N4O2. The summed E-state index contributed by atoms with van der Waals surface area (Å²) in [5.74, 6) is 0.538. The van der Waals surface area contributed by atoms with E-state index in [0.29, 0.717) is 12.8 Å². The lowest BCUT2D eigenvalue weighted by atomic mass is 10.2. The SMILES string of the molecule is NC(CCCCNCCC(=O)N1CCCC1)=NO. The number of amidine groups is 1. The van der Waals surface area contributed by atoms with E-state index >= 15 is 0 Å². The molecule has 1 fully saturated rings. The van der Waals surface area contributed by atoms with E-state index in [-0.39, 0.29) is 11.7 Å². The van der Waals surface area contributed by atoms with Crippen molar-refractivity contribution in [2.45, 2.75) is 38.5 Å². The van der Waals surface area contributed by atoms with E-state index in [2.05, 4.69) is 10.5 Å². The lowest BCUT2D eigenvalue weighted by Crippen LogP contribution is -2.30. The lowest BCUT2D eigenvalue weighted by molar-refractivity contribution is -0.130. The highest BCUT2D eigenvalue weighted by Crippen LogP contribution is 2.08. The van der Waals surface area contributed by atoms with E-state index in [1.165, 1.54) is 0 Å². The molecule has 1 rings (SSSR count).